The first-order valence-corrected chi connectivity index (χ1v) is 7.08. The second-order valence-electron chi connectivity index (χ2n) is 4.97. The molecule has 2 aromatic carbocycles. The van der Waals surface area contributed by atoms with Gasteiger partial charge in [0.2, 0.25) is 0 Å². The molecule has 5 heteroatoms. The molecule has 0 aliphatic carbocycles. The second-order valence-corrected chi connectivity index (χ2v) is 4.97. The Balaban J connectivity index is 1.64. The van der Waals surface area contributed by atoms with Crippen LogP contribution in [-0.2, 0) is 9.53 Å². The van der Waals surface area contributed by atoms with Gasteiger partial charge >= 0.3 is 0 Å². The Labute approximate surface area is 128 Å². The van der Waals surface area contributed by atoms with Crippen molar-refractivity contribution < 1.29 is 18.7 Å². The lowest BCUT2D eigenvalue weighted by atomic mass is 10.2. The van der Waals surface area contributed by atoms with E-state index in [4.69, 9.17) is 9.47 Å². The zero-order valence-corrected chi connectivity index (χ0v) is 11.9. The minimum absolute atomic E-state index is 0.143. The summed E-state index contributed by atoms with van der Waals surface area (Å²) in [6.07, 6.45) is -0.384. The van der Waals surface area contributed by atoms with Crippen molar-refractivity contribution >= 4 is 5.91 Å². The molecule has 1 aliphatic rings. The van der Waals surface area contributed by atoms with Crippen molar-refractivity contribution in [3.63, 3.8) is 0 Å². The van der Waals surface area contributed by atoms with Crippen molar-refractivity contribution in [3.05, 3.63) is 66.0 Å². The molecular weight excluding hydrogens is 285 g/mol. The summed E-state index contributed by atoms with van der Waals surface area (Å²) < 4.78 is 24.1. The largest absolute Gasteiger partial charge is 0.484 e. The number of halogens is 1. The highest BCUT2D eigenvalue weighted by Gasteiger charge is 2.30. The van der Waals surface area contributed by atoms with Crippen LogP contribution in [0, 0.1) is 5.82 Å². The second kappa shape index (κ2) is 6.58. The average Bonchev–Trinajstić information content (AvgIpc) is 3.03. The molecule has 1 fully saturated rings. The highest BCUT2D eigenvalue weighted by molar-refractivity contribution is 5.78. The topological polar surface area (TPSA) is 38.8 Å². The van der Waals surface area contributed by atoms with E-state index in [0.717, 1.165) is 5.56 Å². The first-order chi connectivity index (χ1) is 10.7. The van der Waals surface area contributed by atoms with Crippen LogP contribution in [-0.4, -0.2) is 30.6 Å². The van der Waals surface area contributed by atoms with Crippen LogP contribution < -0.4 is 4.74 Å². The fourth-order valence-electron chi connectivity index (χ4n) is 2.40. The van der Waals surface area contributed by atoms with E-state index in [2.05, 4.69) is 0 Å². The quantitative estimate of drug-likeness (QED) is 0.871. The molecule has 114 valence electrons. The molecule has 22 heavy (non-hydrogen) atoms. The van der Waals surface area contributed by atoms with Crippen molar-refractivity contribution in [1.82, 2.24) is 4.90 Å². The Bertz CT molecular complexity index is 647. The van der Waals surface area contributed by atoms with Gasteiger partial charge in [0.25, 0.3) is 5.91 Å². The van der Waals surface area contributed by atoms with Crippen LogP contribution in [0.5, 0.6) is 5.75 Å². The van der Waals surface area contributed by atoms with Crippen LogP contribution in [0.2, 0.25) is 0 Å². The number of ether oxygens (including phenoxy) is 2. The maximum Gasteiger partial charge on any atom is 0.262 e. The fourth-order valence-corrected chi connectivity index (χ4v) is 2.40. The normalized spacial score (nSPS) is 17.5. The summed E-state index contributed by atoms with van der Waals surface area (Å²) in [6, 6.07) is 15.3. The smallest absolute Gasteiger partial charge is 0.262 e. The van der Waals surface area contributed by atoms with E-state index < -0.39 is 5.82 Å². The molecule has 0 bridgehead atoms. The van der Waals surface area contributed by atoms with Gasteiger partial charge in [-0.1, -0.05) is 36.4 Å². The number of nitrogens with zero attached hydrogens (tertiary/aromatic N) is 1. The minimum atomic E-state index is -0.392. The van der Waals surface area contributed by atoms with Gasteiger partial charge in [0.15, 0.2) is 12.8 Å². The van der Waals surface area contributed by atoms with Gasteiger partial charge in [-0.05, 0) is 12.1 Å². The summed E-state index contributed by atoms with van der Waals surface area (Å²) in [5.74, 6) is -0.239. The van der Waals surface area contributed by atoms with Gasteiger partial charge in [0.05, 0.1) is 6.61 Å². The minimum Gasteiger partial charge on any atom is -0.484 e. The number of hydrogen-bond donors (Lipinski definition) is 0. The molecule has 0 aromatic heterocycles. The van der Waals surface area contributed by atoms with Crippen LogP contribution in [0.1, 0.15) is 11.8 Å². The average molecular weight is 301 g/mol. The Morgan fingerprint density at radius 3 is 2.82 bits per heavy atom. The van der Waals surface area contributed by atoms with E-state index in [-0.39, 0.29) is 18.7 Å². The molecule has 4 nitrogen and oxygen atoms in total. The molecule has 2 aromatic rings. The monoisotopic (exact) mass is 301 g/mol. The number of benzene rings is 2. The highest BCUT2D eigenvalue weighted by Crippen LogP contribution is 2.26. The number of amides is 1. The van der Waals surface area contributed by atoms with Crippen molar-refractivity contribution in [3.8, 4) is 5.75 Å². The number of hydrogen-bond acceptors (Lipinski definition) is 3. The lowest BCUT2D eigenvalue weighted by molar-refractivity contribution is -0.138. The van der Waals surface area contributed by atoms with Gasteiger partial charge in [-0.15, -0.1) is 0 Å². The van der Waals surface area contributed by atoms with Gasteiger partial charge in [0, 0.05) is 18.2 Å². The van der Waals surface area contributed by atoms with Crippen molar-refractivity contribution in [2.24, 2.45) is 0 Å². The SMILES string of the molecule is O=C(COc1cccc(F)c1)N1CCOC1c1ccccc1. The summed E-state index contributed by atoms with van der Waals surface area (Å²) in [4.78, 5) is 13.9. The first-order valence-electron chi connectivity index (χ1n) is 7.08. The van der Waals surface area contributed by atoms with Crippen molar-refractivity contribution in [2.45, 2.75) is 6.23 Å². The summed E-state index contributed by atoms with van der Waals surface area (Å²) in [7, 11) is 0. The Kier molecular flexibility index (Phi) is 4.34. The molecule has 1 unspecified atom stereocenters. The lowest BCUT2D eigenvalue weighted by Crippen LogP contribution is -2.34. The predicted molar refractivity (Wildman–Crippen MR) is 78.7 cm³/mol. The fraction of sp³-hybridized carbons (Fsp3) is 0.235. The Hall–Kier alpha value is -2.40. The molecule has 1 aliphatic heterocycles. The first kappa shape index (κ1) is 14.5. The van der Waals surface area contributed by atoms with E-state index in [1.807, 2.05) is 30.3 Å². The molecule has 0 N–H and O–H groups in total. The van der Waals surface area contributed by atoms with E-state index in [1.54, 1.807) is 17.0 Å². The standard InChI is InChI=1S/C17H16FNO3/c18-14-7-4-8-15(11-14)22-12-16(20)19-9-10-21-17(19)13-5-2-1-3-6-13/h1-8,11,17H,9-10,12H2. The number of carbonyl (C=O) groups is 1. The molecule has 0 saturated carbocycles. The third kappa shape index (κ3) is 3.26. The molecule has 3 rings (SSSR count). The molecular formula is C17H16FNO3. The van der Waals surface area contributed by atoms with Gasteiger partial charge in [-0.3, -0.25) is 4.79 Å². The summed E-state index contributed by atoms with van der Waals surface area (Å²) in [5, 5.41) is 0. The van der Waals surface area contributed by atoms with Gasteiger partial charge in [-0.2, -0.15) is 0 Å². The molecule has 1 saturated heterocycles. The van der Waals surface area contributed by atoms with E-state index in [9.17, 15) is 9.18 Å². The predicted octanol–water partition coefficient (Wildman–Crippen LogP) is 2.76. The van der Waals surface area contributed by atoms with Crippen LogP contribution in [0.25, 0.3) is 0 Å². The Morgan fingerprint density at radius 1 is 1.23 bits per heavy atom. The van der Waals surface area contributed by atoms with Gasteiger partial charge < -0.3 is 14.4 Å². The molecule has 0 spiro atoms. The Morgan fingerprint density at radius 2 is 2.05 bits per heavy atom. The third-order valence-corrected chi connectivity index (χ3v) is 3.45. The maximum atomic E-state index is 13.1. The third-order valence-electron chi connectivity index (χ3n) is 3.45. The summed E-state index contributed by atoms with van der Waals surface area (Å²) in [6.45, 7) is 0.867. The van der Waals surface area contributed by atoms with E-state index in [1.165, 1.54) is 12.1 Å². The zero-order chi connectivity index (χ0) is 15.4. The highest BCUT2D eigenvalue weighted by atomic mass is 19.1. The summed E-state index contributed by atoms with van der Waals surface area (Å²) in [5.41, 5.74) is 0.930. The van der Waals surface area contributed by atoms with Gasteiger partial charge in [0.1, 0.15) is 11.6 Å². The zero-order valence-electron chi connectivity index (χ0n) is 11.9. The van der Waals surface area contributed by atoms with Gasteiger partial charge in [-0.25, -0.2) is 4.39 Å². The van der Waals surface area contributed by atoms with Crippen LogP contribution in [0.15, 0.2) is 54.6 Å². The van der Waals surface area contributed by atoms with Crippen molar-refractivity contribution in [1.29, 1.82) is 0 Å². The van der Waals surface area contributed by atoms with Crippen LogP contribution >= 0.6 is 0 Å². The maximum absolute atomic E-state index is 13.1. The summed E-state index contributed by atoms with van der Waals surface area (Å²) >= 11 is 0. The van der Waals surface area contributed by atoms with E-state index in [0.29, 0.717) is 18.9 Å². The molecule has 1 amide bonds. The van der Waals surface area contributed by atoms with Crippen LogP contribution in [0.3, 0.4) is 0 Å². The molecule has 1 atom stereocenters. The van der Waals surface area contributed by atoms with Crippen LogP contribution in [0.4, 0.5) is 4.39 Å². The van der Waals surface area contributed by atoms with E-state index >= 15 is 0 Å². The van der Waals surface area contributed by atoms with Crippen molar-refractivity contribution in [2.75, 3.05) is 19.8 Å². The molecule has 0 radical (unpaired) electrons. The molecule has 1 heterocycles. The number of rotatable bonds is 4. The number of carbonyl (C=O) groups excluding carboxylic acids is 1. The lowest BCUT2D eigenvalue weighted by Gasteiger charge is -2.23.